The van der Waals surface area contributed by atoms with Gasteiger partial charge in [-0.1, -0.05) is 60.2 Å². The number of hydrogen-bond acceptors (Lipinski definition) is 3. The molecule has 0 aliphatic carbocycles. The first kappa shape index (κ1) is 24.8. The summed E-state index contributed by atoms with van der Waals surface area (Å²) >= 11 is 7.08. The summed E-state index contributed by atoms with van der Waals surface area (Å²) in [5.41, 5.74) is 4.27. The van der Waals surface area contributed by atoms with Crippen LogP contribution in [0.25, 0.3) is 6.08 Å². The number of halogens is 2. The molecule has 0 heterocycles. The smallest absolute Gasteiger partial charge is 0.261 e. The lowest BCUT2D eigenvalue weighted by molar-refractivity contribution is -0.117. The molecule has 1 amide bonds. The number of nitrogens with zero attached hydrogens (tertiary/aromatic N) is 1. The van der Waals surface area contributed by atoms with E-state index in [1.807, 2.05) is 67.6 Å². The Morgan fingerprint density at radius 3 is 2.33 bits per heavy atom. The minimum absolute atomic E-state index is 0.0573. The minimum Gasteiger partial charge on any atom is -0.487 e. The van der Waals surface area contributed by atoms with Gasteiger partial charge in [0.15, 0.2) is 0 Å². The Balaban J connectivity index is 1.60. The maximum absolute atomic E-state index is 12.5. The Kier molecular flexibility index (Phi) is 9.29. The van der Waals surface area contributed by atoms with Crippen molar-refractivity contribution >= 4 is 43.8 Å². The van der Waals surface area contributed by atoms with Crippen molar-refractivity contribution in [1.29, 1.82) is 5.26 Å². The number of nitriles is 1. The number of hydrogen-bond donors (Lipinski definition) is 1. The molecule has 0 spiro atoms. The molecule has 0 aliphatic rings. The number of aryl methyl sites for hydroxylation is 2. The first-order valence-electron chi connectivity index (χ1n) is 10.6. The van der Waals surface area contributed by atoms with Gasteiger partial charge in [0.25, 0.3) is 5.91 Å². The van der Waals surface area contributed by atoms with Crippen LogP contribution in [0, 0.1) is 18.3 Å². The Bertz CT molecular complexity index is 1140. The molecule has 0 bridgehead atoms. The highest BCUT2D eigenvalue weighted by atomic mass is 79.9. The van der Waals surface area contributed by atoms with Crippen molar-refractivity contribution in [2.75, 3.05) is 6.54 Å². The van der Waals surface area contributed by atoms with Crippen LogP contribution in [0.5, 0.6) is 5.75 Å². The van der Waals surface area contributed by atoms with Crippen molar-refractivity contribution in [3.8, 4) is 11.8 Å². The van der Waals surface area contributed by atoms with Gasteiger partial charge in [0.2, 0.25) is 0 Å². The Morgan fingerprint density at radius 1 is 1.03 bits per heavy atom. The van der Waals surface area contributed by atoms with E-state index in [1.54, 1.807) is 6.08 Å². The maximum Gasteiger partial charge on any atom is 0.261 e. The molecule has 1 N–H and O–H groups in total. The summed E-state index contributed by atoms with van der Waals surface area (Å²) in [6.07, 6.45) is 3.25. The van der Waals surface area contributed by atoms with Gasteiger partial charge >= 0.3 is 0 Å². The van der Waals surface area contributed by atoms with Crippen molar-refractivity contribution in [2.45, 2.75) is 26.4 Å². The van der Waals surface area contributed by atoms with Crippen molar-refractivity contribution in [2.24, 2.45) is 0 Å². The van der Waals surface area contributed by atoms with E-state index in [4.69, 9.17) is 4.74 Å². The monoisotopic (exact) mass is 566 g/mol. The molecule has 0 fully saturated rings. The third kappa shape index (κ3) is 7.59. The van der Waals surface area contributed by atoms with Gasteiger partial charge in [-0.15, -0.1) is 0 Å². The van der Waals surface area contributed by atoms with Gasteiger partial charge in [-0.2, -0.15) is 5.26 Å². The first-order valence-corrected chi connectivity index (χ1v) is 12.2. The molecule has 168 valence electrons. The molecule has 0 atom stereocenters. The molecule has 3 aromatic rings. The van der Waals surface area contributed by atoms with Crippen LogP contribution >= 0.6 is 31.9 Å². The lowest BCUT2D eigenvalue weighted by Gasteiger charge is -2.12. The molecule has 0 saturated carbocycles. The van der Waals surface area contributed by atoms with Gasteiger partial charge in [0.1, 0.15) is 24.0 Å². The summed E-state index contributed by atoms with van der Waals surface area (Å²) in [4.78, 5) is 12.5. The fourth-order valence-corrected chi connectivity index (χ4v) is 4.64. The second kappa shape index (κ2) is 12.4. The lowest BCUT2D eigenvalue weighted by atomic mass is 10.1. The number of nitrogens with one attached hydrogen (secondary N) is 1. The van der Waals surface area contributed by atoms with E-state index < -0.39 is 0 Å². The van der Waals surface area contributed by atoms with Crippen LogP contribution in [-0.4, -0.2) is 12.5 Å². The predicted octanol–water partition coefficient (Wildman–Crippen LogP) is 6.76. The van der Waals surface area contributed by atoms with Crippen LogP contribution in [0.4, 0.5) is 0 Å². The zero-order chi connectivity index (χ0) is 23.6. The summed E-state index contributed by atoms with van der Waals surface area (Å²) in [6.45, 7) is 2.98. The summed E-state index contributed by atoms with van der Waals surface area (Å²) in [5, 5.41) is 12.3. The Morgan fingerprint density at radius 2 is 1.70 bits per heavy atom. The largest absolute Gasteiger partial charge is 0.487 e. The van der Waals surface area contributed by atoms with Gasteiger partial charge in [0, 0.05) is 6.54 Å². The van der Waals surface area contributed by atoms with E-state index in [0.29, 0.717) is 24.5 Å². The van der Waals surface area contributed by atoms with E-state index in [0.717, 1.165) is 27.4 Å². The summed E-state index contributed by atoms with van der Waals surface area (Å²) in [5.74, 6) is 0.286. The predicted molar refractivity (Wildman–Crippen MR) is 139 cm³/mol. The Labute approximate surface area is 211 Å². The number of amides is 1. The van der Waals surface area contributed by atoms with E-state index in [1.165, 1.54) is 11.1 Å². The molecular formula is C27H24Br2N2O2. The molecule has 3 rings (SSSR count). The summed E-state index contributed by atoms with van der Waals surface area (Å²) in [7, 11) is 0. The van der Waals surface area contributed by atoms with Crippen molar-refractivity contribution in [3.63, 3.8) is 0 Å². The van der Waals surface area contributed by atoms with Crippen molar-refractivity contribution < 1.29 is 9.53 Å². The molecule has 6 heteroatoms. The highest BCUT2D eigenvalue weighted by Gasteiger charge is 2.12. The Hall–Kier alpha value is -2.88. The SMILES string of the molecule is Cc1ccc(COc2c(Br)cc(/C=C(/C#N)C(=O)NCCCc3ccccc3)cc2Br)cc1. The number of benzene rings is 3. The topological polar surface area (TPSA) is 62.1 Å². The average Bonchev–Trinajstić information content (AvgIpc) is 2.81. The van der Waals surface area contributed by atoms with Crippen molar-refractivity contribution in [3.05, 3.63) is 104 Å². The van der Waals surface area contributed by atoms with Gasteiger partial charge < -0.3 is 10.1 Å². The van der Waals surface area contributed by atoms with Crippen LogP contribution in [0.15, 0.2) is 81.2 Å². The summed E-state index contributed by atoms with van der Waals surface area (Å²) in [6, 6.07) is 23.9. The van der Waals surface area contributed by atoms with Crippen LogP contribution in [0.3, 0.4) is 0 Å². The zero-order valence-electron chi connectivity index (χ0n) is 18.3. The number of carbonyl (C=O) groups excluding carboxylic acids is 1. The molecule has 0 aromatic heterocycles. The van der Waals surface area contributed by atoms with Gasteiger partial charge in [0.05, 0.1) is 8.95 Å². The van der Waals surface area contributed by atoms with Crippen LogP contribution in [0.2, 0.25) is 0 Å². The van der Waals surface area contributed by atoms with Crippen LogP contribution in [0.1, 0.15) is 28.7 Å². The number of rotatable bonds is 9. The minimum atomic E-state index is -0.377. The number of ether oxygens (including phenoxy) is 1. The van der Waals surface area contributed by atoms with E-state index in [2.05, 4.69) is 49.3 Å². The molecule has 0 aliphatic heterocycles. The molecule has 4 nitrogen and oxygen atoms in total. The zero-order valence-corrected chi connectivity index (χ0v) is 21.4. The maximum atomic E-state index is 12.5. The standard InChI is InChI=1S/C27H24Br2N2O2/c1-19-9-11-21(12-10-19)18-33-26-24(28)15-22(16-25(26)29)14-23(17-30)27(32)31-13-5-8-20-6-3-2-4-7-20/h2-4,6-7,9-12,14-16H,5,8,13,18H2,1H3,(H,31,32)/b23-14-. The van der Waals surface area contributed by atoms with Crippen LogP contribution in [-0.2, 0) is 17.8 Å². The highest BCUT2D eigenvalue weighted by Crippen LogP contribution is 2.36. The molecule has 0 unspecified atom stereocenters. The second-order valence-electron chi connectivity index (χ2n) is 7.60. The summed E-state index contributed by atoms with van der Waals surface area (Å²) < 4.78 is 7.43. The molecule has 3 aromatic carbocycles. The second-order valence-corrected chi connectivity index (χ2v) is 9.31. The van der Waals surface area contributed by atoms with E-state index in [-0.39, 0.29) is 11.5 Å². The van der Waals surface area contributed by atoms with Crippen LogP contribution < -0.4 is 10.1 Å². The normalized spacial score (nSPS) is 11.0. The molecule has 33 heavy (non-hydrogen) atoms. The van der Waals surface area contributed by atoms with E-state index >= 15 is 0 Å². The average molecular weight is 568 g/mol. The fourth-order valence-electron chi connectivity index (χ4n) is 3.19. The van der Waals surface area contributed by atoms with Crippen molar-refractivity contribution in [1.82, 2.24) is 5.32 Å². The van der Waals surface area contributed by atoms with Gasteiger partial charge in [-0.3, -0.25) is 4.79 Å². The number of carbonyl (C=O) groups is 1. The third-order valence-electron chi connectivity index (χ3n) is 4.97. The van der Waals surface area contributed by atoms with Gasteiger partial charge in [-0.05, 0) is 86.5 Å². The highest BCUT2D eigenvalue weighted by molar-refractivity contribution is 9.11. The third-order valence-corrected chi connectivity index (χ3v) is 6.15. The van der Waals surface area contributed by atoms with E-state index in [9.17, 15) is 10.1 Å². The fraction of sp³-hybridized carbons (Fsp3) is 0.185. The first-order chi connectivity index (χ1) is 16.0. The quantitative estimate of drug-likeness (QED) is 0.177. The van der Waals surface area contributed by atoms with Gasteiger partial charge in [-0.25, -0.2) is 0 Å². The molecule has 0 saturated heterocycles. The lowest BCUT2D eigenvalue weighted by Crippen LogP contribution is -2.25. The molecule has 0 radical (unpaired) electrons. The molecular weight excluding hydrogens is 544 g/mol.